The number of fused-ring (bicyclic) bond motifs is 1. The maximum Gasteiger partial charge on any atom is 0.212 e. The molecule has 3 aromatic heterocycles. The number of pyridine rings is 2. The van der Waals surface area contributed by atoms with E-state index >= 15 is 0 Å². The highest BCUT2D eigenvalue weighted by Gasteiger charge is 2.16. The minimum Gasteiger partial charge on any atom is -0.315 e. The Morgan fingerprint density at radius 1 is 0.962 bits per heavy atom. The molecule has 0 saturated carbocycles. The monoisotopic (exact) mass is 366 g/mol. The Morgan fingerprint density at radius 3 is 2.42 bits per heavy atom. The van der Waals surface area contributed by atoms with Gasteiger partial charge in [-0.1, -0.05) is 41.9 Å². The quantitative estimate of drug-likeness (QED) is 0.541. The minimum absolute atomic E-state index is 0.0617. The minimum atomic E-state index is -0.758. The average Bonchev–Trinajstić information content (AvgIpc) is 2.60. The molecular formula is C19H12ClFN4O. The summed E-state index contributed by atoms with van der Waals surface area (Å²) in [6.07, 6.45) is 0. The van der Waals surface area contributed by atoms with E-state index in [1.54, 1.807) is 6.07 Å². The third-order valence-corrected chi connectivity index (χ3v) is 4.06. The van der Waals surface area contributed by atoms with Crippen molar-refractivity contribution >= 4 is 22.8 Å². The number of nitrogens with one attached hydrogen (secondary N) is 1. The number of hydrogen-bond acceptors (Lipinski definition) is 4. The van der Waals surface area contributed by atoms with Crippen molar-refractivity contribution in [2.75, 3.05) is 0 Å². The van der Waals surface area contributed by atoms with Crippen molar-refractivity contribution in [2.24, 2.45) is 0 Å². The summed E-state index contributed by atoms with van der Waals surface area (Å²) in [7, 11) is 0. The first-order valence-corrected chi connectivity index (χ1v) is 8.19. The van der Waals surface area contributed by atoms with Crippen LogP contribution in [0.2, 0.25) is 5.15 Å². The van der Waals surface area contributed by atoms with E-state index in [-0.39, 0.29) is 11.2 Å². The van der Waals surface area contributed by atoms with E-state index in [1.807, 2.05) is 43.3 Å². The van der Waals surface area contributed by atoms with Crippen LogP contribution in [0.5, 0.6) is 0 Å². The second-order valence-electron chi connectivity index (χ2n) is 5.79. The summed E-state index contributed by atoms with van der Waals surface area (Å²) in [5.74, 6) is -0.758. The number of H-pyrrole nitrogens is 1. The van der Waals surface area contributed by atoms with Gasteiger partial charge in [0.2, 0.25) is 5.43 Å². The molecule has 5 nitrogen and oxygen atoms in total. The fourth-order valence-corrected chi connectivity index (χ4v) is 3.04. The van der Waals surface area contributed by atoms with Crippen molar-refractivity contribution in [3.05, 3.63) is 75.5 Å². The van der Waals surface area contributed by atoms with E-state index in [0.717, 1.165) is 11.6 Å². The molecule has 4 aromatic rings. The van der Waals surface area contributed by atoms with Crippen LogP contribution in [0.15, 0.2) is 53.3 Å². The number of aromatic nitrogens is 4. The number of benzene rings is 1. The van der Waals surface area contributed by atoms with Gasteiger partial charge >= 0.3 is 0 Å². The summed E-state index contributed by atoms with van der Waals surface area (Å²) in [6, 6.07) is 13.7. The maximum absolute atomic E-state index is 13.6. The zero-order chi connectivity index (χ0) is 18.3. The van der Waals surface area contributed by atoms with Crippen LogP contribution in [0.25, 0.3) is 33.7 Å². The van der Waals surface area contributed by atoms with Gasteiger partial charge in [-0.3, -0.25) is 4.79 Å². The molecule has 3 heterocycles. The Kier molecular flexibility index (Phi) is 3.97. The molecule has 0 atom stereocenters. The molecule has 0 radical (unpaired) electrons. The predicted molar refractivity (Wildman–Crippen MR) is 98.5 cm³/mol. The molecule has 0 aliphatic carbocycles. The summed E-state index contributed by atoms with van der Waals surface area (Å²) in [6.45, 7) is 1.81. The molecule has 1 aromatic carbocycles. The van der Waals surface area contributed by atoms with Crippen LogP contribution in [0.1, 0.15) is 5.69 Å². The van der Waals surface area contributed by atoms with Crippen LogP contribution >= 0.6 is 11.6 Å². The highest BCUT2D eigenvalue weighted by atomic mass is 35.5. The lowest BCUT2D eigenvalue weighted by Gasteiger charge is -2.11. The van der Waals surface area contributed by atoms with Crippen LogP contribution in [0.4, 0.5) is 4.39 Å². The summed E-state index contributed by atoms with van der Waals surface area (Å²) in [5.41, 5.74) is 2.78. The van der Waals surface area contributed by atoms with E-state index in [1.165, 1.54) is 0 Å². The fraction of sp³-hybridized carbons (Fsp3) is 0.0526. The van der Waals surface area contributed by atoms with Crippen molar-refractivity contribution in [1.29, 1.82) is 0 Å². The molecule has 0 fully saturated rings. The second-order valence-corrected chi connectivity index (χ2v) is 6.17. The lowest BCUT2D eigenvalue weighted by atomic mass is 10.0. The van der Waals surface area contributed by atoms with E-state index in [4.69, 9.17) is 11.6 Å². The molecule has 7 heteroatoms. The van der Waals surface area contributed by atoms with Crippen LogP contribution in [-0.4, -0.2) is 19.9 Å². The number of nitrogens with zero attached hydrogens (tertiary/aromatic N) is 3. The number of hydrogen-bond donors (Lipinski definition) is 1. The van der Waals surface area contributed by atoms with Crippen molar-refractivity contribution in [3.63, 3.8) is 0 Å². The topological polar surface area (TPSA) is 71.5 Å². The smallest absolute Gasteiger partial charge is 0.212 e. The van der Waals surface area contributed by atoms with Gasteiger partial charge < -0.3 is 4.98 Å². The van der Waals surface area contributed by atoms with Crippen molar-refractivity contribution in [3.8, 4) is 22.5 Å². The summed E-state index contributed by atoms with van der Waals surface area (Å²) in [5, 5.41) is 0.314. The lowest BCUT2D eigenvalue weighted by molar-refractivity contribution is 0.586. The molecule has 0 saturated heterocycles. The third kappa shape index (κ3) is 2.95. The molecule has 0 amide bonds. The van der Waals surface area contributed by atoms with Crippen molar-refractivity contribution in [2.45, 2.75) is 6.92 Å². The third-order valence-electron chi connectivity index (χ3n) is 3.87. The molecule has 0 aliphatic rings. The maximum atomic E-state index is 13.6. The Labute approximate surface area is 152 Å². The fourth-order valence-electron chi connectivity index (χ4n) is 2.79. The molecule has 0 unspecified atom stereocenters. The van der Waals surface area contributed by atoms with Crippen LogP contribution in [0, 0.1) is 12.9 Å². The Balaban J connectivity index is 2.11. The average molecular weight is 367 g/mol. The largest absolute Gasteiger partial charge is 0.315 e. The van der Waals surface area contributed by atoms with Gasteiger partial charge in [0.1, 0.15) is 5.15 Å². The summed E-state index contributed by atoms with van der Waals surface area (Å²) in [4.78, 5) is 27.7. The van der Waals surface area contributed by atoms with E-state index in [9.17, 15) is 9.18 Å². The van der Waals surface area contributed by atoms with Gasteiger partial charge in [-0.05, 0) is 19.1 Å². The standard InChI is InChI=1S/C19H12ClFN4O/c1-10-7-12(8-14(20)22-10)17-16(11-5-3-2-4-6-11)25-19-18(24-17)13(26)9-15(21)23-19/h2-9H,1H3,(H,23,25,26). The first kappa shape index (κ1) is 16.4. The van der Waals surface area contributed by atoms with E-state index in [0.29, 0.717) is 27.8 Å². The van der Waals surface area contributed by atoms with E-state index in [2.05, 4.69) is 19.9 Å². The van der Waals surface area contributed by atoms with Crippen LogP contribution in [-0.2, 0) is 0 Å². The Morgan fingerprint density at radius 2 is 1.69 bits per heavy atom. The van der Waals surface area contributed by atoms with Crippen LogP contribution in [0.3, 0.4) is 0 Å². The molecule has 0 bridgehead atoms. The summed E-state index contributed by atoms with van der Waals surface area (Å²) >= 11 is 6.09. The van der Waals surface area contributed by atoms with Crippen molar-refractivity contribution in [1.82, 2.24) is 19.9 Å². The van der Waals surface area contributed by atoms with Crippen LogP contribution < -0.4 is 5.43 Å². The SMILES string of the molecule is Cc1cc(-c2nc3c(=O)cc(F)[nH]c3nc2-c2ccccc2)cc(Cl)n1. The van der Waals surface area contributed by atoms with Gasteiger partial charge in [0.15, 0.2) is 17.1 Å². The molecule has 26 heavy (non-hydrogen) atoms. The summed E-state index contributed by atoms with van der Waals surface area (Å²) < 4.78 is 13.6. The highest BCUT2D eigenvalue weighted by Crippen LogP contribution is 2.31. The van der Waals surface area contributed by atoms with Gasteiger partial charge in [0, 0.05) is 22.9 Å². The Bertz CT molecular complexity index is 1170. The highest BCUT2D eigenvalue weighted by molar-refractivity contribution is 6.29. The first-order valence-electron chi connectivity index (χ1n) is 7.82. The number of aryl methyl sites for hydroxylation is 1. The molecule has 4 rings (SSSR count). The lowest BCUT2D eigenvalue weighted by Crippen LogP contribution is -2.09. The number of rotatable bonds is 2. The zero-order valence-corrected chi connectivity index (χ0v) is 14.4. The molecule has 0 aliphatic heterocycles. The molecule has 1 N–H and O–H groups in total. The first-order chi connectivity index (χ1) is 12.5. The van der Waals surface area contributed by atoms with Gasteiger partial charge in [0.25, 0.3) is 0 Å². The second kappa shape index (κ2) is 6.31. The van der Waals surface area contributed by atoms with E-state index < -0.39 is 11.4 Å². The van der Waals surface area contributed by atoms with Gasteiger partial charge in [-0.2, -0.15) is 4.39 Å². The normalized spacial score (nSPS) is 11.0. The molecule has 0 spiro atoms. The predicted octanol–water partition coefficient (Wildman–Crippen LogP) is 4.15. The van der Waals surface area contributed by atoms with Gasteiger partial charge in [-0.25, -0.2) is 15.0 Å². The zero-order valence-electron chi connectivity index (χ0n) is 13.6. The molecule has 128 valence electrons. The van der Waals surface area contributed by atoms with Gasteiger partial charge in [0.05, 0.1) is 11.4 Å². The van der Waals surface area contributed by atoms with Gasteiger partial charge in [-0.15, -0.1) is 0 Å². The number of halogens is 2. The van der Waals surface area contributed by atoms with Crippen molar-refractivity contribution < 1.29 is 4.39 Å². The number of aromatic amines is 1. The molecular weight excluding hydrogens is 355 g/mol. The Hall–Kier alpha value is -3.12.